The Morgan fingerprint density at radius 2 is 2.37 bits per heavy atom. The Morgan fingerprint density at radius 1 is 1.53 bits per heavy atom. The summed E-state index contributed by atoms with van der Waals surface area (Å²) in [5.74, 6) is 0.889. The summed E-state index contributed by atoms with van der Waals surface area (Å²) in [4.78, 5) is 14.1. The van der Waals surface area contributed by atoms with E-state index in [0.29, 0.717) is 23.9 Å². The van der Waals surface area contributed by atoms with Crippen LogP contribution in [0.5, 0.6) is 0 Å². The minimum atomic E-state index is 0.251. The topological polar surface area (TPSA) is 32.3 Å². The first kappa shape index (κ1) is 14.2. The predicted molar refractivity (Wildman–Crippen MR) is 79.5 cm³/mol. The van der Waals surface area contributed by atoms with Crippen molar-refractivity contribution in [3.63, 3.8) is 0 Å². The number of rotatable bonds is 4. The van der Waals surface area contributed by atoms with Crippen LogP contribution in [0.4, 0.5) is 5.69 Å². The largest absolute Gasteiger partial charge is 0.384 e. The van der Waals surface area contributed by atoms with Crippen LogP contribution >= 0.6 is 11.6 Å². The van der Waals surface area contributed by atoms with Crippen LogP contribution in [0.25, 0.3) is 0 Å². The average Bonchev–Trinajstić information content (AvgIpc) is 2.38. The number of carbonyl (C=O) groups is 1. The minimum Gasteiger partial charge on any atom is -0.384 e. The second-order valence-electron chi connectivity index (χ2n) is 5.27. The number of hydrogen-bond donors (Lipinski definition) is 1. The van der Waals surface area contributed by atoms with Crippen LogP contribution in [0.2, 0.25) is 5.02 Å². The normalized spacial score (nSPS) is 19.3. The molecule has 1 aromatic carbocycles. The van der Waals surface area contributed by atoms with Crippen molar-refractivity contribution in [2.45, 2.75) is 26.2 Å². The number of nitrogens with zero attached hydrogens (tertiary/aromatic N) is 1. The number of anilines is 1. The monoisotopic (exact) mass is 280 g/mol. The molecule has 0 saturated carbocycles. The van der Waals surface area contributed by atoms with E-state index in [4.69, 9.17) is 11.6 Å². The number of halogens is 1. The molecule has 1 saturated heterocycles. The Hall–Kier alpha value is -1.22. The highest BCUT2D eigenvalue weighted by Crippen LogP contribution is 2.17. The molecule has 4 heteroatoms. The Morgan fingerprint density at radius 3 is 3.11 bits per heavy atom. The zero-order valence-electron chi connectivity index (χ0n) is 11.4. The maximum Gasteiger partial charge on any atom is 0.224 e. The van der Waals surface area contributed by atoms with Crippen molar-refractivity contribution in [2.75, 3.05) is 25.0 Å². The van der Waals surface area contributed by atoms with Gasteiger partial charge in [-0.3, -0.25) is 4.79 Å². The molecule has 0 bridgehead atoms. The van der Waals surface area contributed by atoms with E-state index < -0.39 is 0 Å². The highest BCUT2D eigenvalue weighted by Gasteiger charge is 2.20. The Bertz CT molecular complexity index is 436. The van der Waals surface area contributed by atoms with E-state index in [0.717, 1.165) is 25.2 Å². The first-order chi connectivity index (χ1) is 9.15. The molecule has 1 N–H and O–H groups in total. The summed E-state index contributed by atoms with van der Waals surface area (Å²) >= 11 is 5.91. The van der Waals surface area contributed by atoms with Gasteiger partial charge in [0.05, 0.1) is 0 Å². The van der Waals surface area contributed by atoms with Crippen molar-refractivity contribution < 1.29 is 4.79 Å². The van der Waals surface area contributed by atoms with Crippen molar-refractivity contribution in [3.05, 3.63) is 29.3 Å². The zero-order valence-corrected chi connectivity index (χ0v) is 12.1. The van der Waals surface area contributed by atoms with Crippen LogP contribution in [0.3, 0.4) is 0 Å². The van der Waals surface area contributed by atoms with Gasteiger partial charge in [0.1, 0.15) is 0 Å². The van der Waals surface area contributed by atoms with E-state index >= 15 is 0 Å². The van der Waals surface area contributed by atoms with Gasteiger partial charge in [0.15, 0.2) is 0 Å². The second kappa shape index (κ2) is 6.80. The van der Waals surface area contributed by atoms with Gasteiger partial charge in [-0.15, -0.1) is 0 Å². The van der Waals surface area contributed by atoms with E-state index in [1.165, 1.54) is 6.42 Å². The fraction of sp³-hybridized carbons (Fsp3) is 0.533. The highest BCUT2D eigenvalue weighted by molar-refractivity contribution is 6.30. The second-order valence-corrected chi connectivity index (χ2v) is 5.71. The lowest BCUT2D eigenvalue weighted by Gasteiger charge is -2.31. The van der Waals surface area contributed by atoms with Crippen molar-refractivity contribution >= 4 is 23.2 Å². The molecule has 19 heavy (non-hydrogen) atoms. The number of likely N-dealkylation sites (tertiary alicyclic amines) is 1. The van der Waals surface area contributed by atoms with Crippen molar-refractivity contribution in [2.24, 2.45) is 5.92 Å². The van der Waals surface area contributed by atoms with E-state index in [9.17, 15) is 4.79 Å². The summed E-state index contributed by atoms with van der Waals surface area (Å²) in [6, 6.07) is 7.57. The van der Waals surface area contributed by atoms with Crippen molar-refractivity contribution in [1.29, 1.82) is 0 Å². The molecule has 0 spiro atoms. The molecule has 1 heterocycles. The number of hydrogen-bond acceptors (Lipinski definition) is 2. The predicted octanol–water partition coefficient (Wildman–Crippen LogP) is 3.40. The van der Waals surface area contributed by atoms with Gasteiger partial charge in [-0.1, -0.05) is 24.6 Å². The van der Waals surface area contributed by atoms with E-state index in [-0.39, 0.29) is 5.91 Å². The highest BCUT2D eigenvalue weighted by atomic mass is 35.5. The first-order valence-corrected chi connectivity index (χ1v) is 7.30. The average molecular weight is 281 g/mol. The number of amides is 1. The number of carbonyl (C=O) groups excluding carboxylic acids is 1. The fourth-order valence-electron chi connectivity index (χ4n) is 2.49. The standard InChI is InChI=1S/C15H21ClN2O/c1-12-4-3-9-18(11-12)15(19)7-8-17-14-6-2-5-13(16)10-14/h2,5-6,10,12,17H,3-4,7-9,11H2,1H3. The molecule has 1 amide bonds. The van der Waals surface area contributed by atoms with Gasteiger partial charge in [-0.05, 0) is 37.0 Å². The summed E-state index contributed by atoms with van der Waals surface area (Å²) in [5.41, 5.74) is 0.965. The fourth-order valence-corrected chi connectivity index (χ4v) is 2.68. The Balaban J connectivity index is 1.74. The molecule has 3 nitrogen and oxygen atoms in total. The van der Waals surface area contributed by atoms with Crippen molar-refractivity contribution in [3.8, 4) is 0 Å². The molecular formula is C15H21ClN2O. The summed E-state index contributed by atoms with van der Waals surface area (Å²) in [6.07, 6.45) is 2.92. The summed E-state index contributed by atoms with van der Waals surface area (Å²) in [5, 5.41) is 3.94. The SMILES string of the molecule is CC1CCCN(C(=O)CCNc2cccc(Cl)c2)C1. The van der Waals surface area contributed by atoms with Gasteiger partial charge in [0.2, 0.25) is 5.91 Å². The molecule has 1 unspecified atom stereocenters. The van der Waals surface area contributed by atoms with Crippen LogP contribution in [0.1, 0.15) is 26.2 Å². The molecule has 0 aliphatic carbocycles. The van der Waals surface area contributed by atoms with Crippen LogP contribution < -0.4 is 5.32 Å². The van der Waals surface area contributed by atoms with Gasteiger partial charge in [-0.25, -0.2) is 0 Å². The summed E-state index contributed by atoms with van der Waals surface area (Å²) in [6.45, 7) is 4.70. The van der Waals surface area contributed by atoms with Crippen LogP contribution in [-0.4, -0.2) is 30.4 Å². The lowest BCUT2D eigenvalue weighted by molar-refractivity contribution is -0.132. The molecule has 1 aromatic rings. The molecule has 2 rings (SSSR count). The zero-order chi connectivity index (χ0) is 13.7. The lowest BCUT2D eigenvalue weighted by atomic mass is 10.00. The Kier molecular flexibility index (Phi) is 5.08. The summed E-state index contributed by atoms with van der Waals surface area (Å²) in [7, 11) is 0. The quantitative estimate of drug-likeness (QED) is 0.917. The minimum absolute atomic E-state index is 0.251. The third kappa shape index (κ3) is 4.43. The molecule has 0 radical (unpaired) electrons. The number of piperidine rings is 1. The van der Waals surface area contributed by atoms with Crippen LogP contribution in [0, 0.1) is 5.92 Å². The third-order valence-corrected chi connectivity index (χ3v) is 3.74. The molecule has 1 aliphatic heterocycles. The lowest BCUT2D eigenvalue weighted by Crippen LogP contribution is -2.39. The van der Waals surface area contributed by atoms with E-state index in [1.54, 1.807) is 0 Å². The molecule has 104 valence electrons. The van der Waals surface area contributed by atoms with E-state index in [1.807, 2.05) is 29.2 Å². The smallest absolute Gasteiger partial charge is 0.224 e. The molecule has 1 aliphatic rings. The number of nitrogens with one attached hydrogen (secondary N) is 1. The third-order valence-electron chi connectivity index (χ3n) is 3.50. The van der Waals surface area contributed by atoms with E-state index in [2.05, 4.69) is 12.2 Å². The summed E-state index contributed by atoms with van der Waals surface area (Å²) < 4.78 is 0. The van der Waals surface area contributed by atoms with Gasteiger partial charge >= 0.3 is 0 Å². The van der Waals surface area contributed by atoms with Gasteiger partial charge in [0.25, 0.3) is 0 Å². The van der Waals surface area contributed by atoms with Crippen LogP contribution in [0.15, 0.2) is 24.3 Å². The molecule has 1 atom stereocenters. The van der Waals surface area contributed by atoms with Gasteiger partial charge in [0, 0.05) is 36.8 Å². The van der Waals surface area contributed by atoms with Gasteiger partial charge < -0.3 is 10.2 Å². The van der Waals surface area contributed by atoms with Gasteiger partial charge in [-0.2, -0.15) is 0 Å². The maximum absolute atomic E-state index is 12.1. The molecule has 1 fully saturated rings. The Labute approximate surface area is 119 Å². The maximum atomic E-state index is 12.1. The van der Waals surface area contributed by atoms with Crippen LogP contribution in [-0.2, 0) is 4.79 Å². The van der Waals surface area contributed by atoms with Crippen molar-refractivity contribution in [1.82, 2.24) is 4.90 Å². The number of benzene rings is 1. The molecular weight excluding hydrogens is 260 g/mol. The molecule has 0 aromatic heterocycles. The first-order valence-electron chi connectivity index (χ1n) is 6.92.